The highest BCUT2D eigenvalue weighted by Gasteiger charge is 2.32. The maximum Gasteiger partial charge on any atom is 0.318 e. The molecule has 2 aromatic carbocycles. The summed E-state index contributed by atoms with van der Waals surface area (Å²) >= 11 is 0. The number of urea groups is 1. The van der Waals surface area contributed by atoms with Gasteiger partial charge in [-0.3, -0.25) is 24.2 Å². The lowest BCUT2D eigenvalue weighted by molar-refractivity contribution is -0.131. The lowest BCUT2D eigenvalue weighted by Crippen LogP contribution is -2.58. The van der Waals surface area contributed by atoms with Crippen molar-refractivity contribution in [1.29, 1.82) is 0 Å². The number of carbonyl (C=O) groups excluding carboxylic acids is 5. The fourth-order valence-corrected chi connectivity index (χ4v) is 5.83. The second kappa shape index (κ2) is 18.2. The van der Waals surface area contributed by atoms with E-state index in [1.54, 1.807) is 17.0 Å². The molecule has 1 fully saturated rings. The van der Waals surface area contributed by atoms with E-state index in [9.17, 15) is 24.0 Å². The number of aromatic nitrogens is 2. The third kappa shape index (κ3) is 11.9. The Hall–Kier alpha value is -5.73. The molecule has 5 N–H and O–H groups in total. The van der Waals surface area contributed by atoms with Gasteiger partial charge in [-0.2, -0.15) is 0 Å². The molecule has 1 aromatic heterocycles. The van der Waals surface area contributed by atoms with E-state index in [2.05, 4.69) is 36.6 Å². The van der Waals surface area contributed by atoms with Crippen molar-refractivity contribution in [2.45, 2.75) is 77.5 Å². The number of fused-ring (bicyclic) bond motifs is 1. The maximum absolute atomic E-state index is 13.9. The van der Waals surface area contributed by atoms with E-state index >= 15 is 0 Å². The number of ether oxygens (including phenoxy) is 2. The number of nitrogens with one attached hydrogen (secondary N) is 5. The van der Waals surface area contributed by atoms with E-state index in [1.807, 2.05) is 57.2 Å². The first-order chi connectivity index (χ1) is 25.4. The van der Waals surface area contributed by atoms with Crippen molar-refractivity contribution >= 4 is 29.7 Å². The molecule has 0 unspecified atom stereocenters. The van der Waals surface area contributed by atoms with Crippen LogP contribution >= 0.6 is 0 Å². The van der Waals surface area contributed by atoms with Gasteiger partial charge in [0.05, 0.1) is 12.6 Å². The molecule has 5 rings (SSSR count). The summed E-state index contributed by atoms with van der Waals surface area (Å²) in [4.78, 5) is 76.3. The topological polar surface area (TPSA) is 193 Å². The van der Waals surface area contributed by atoms with E-state index in [0.29, 0.717) is 50.4 Å². The quantitative estimate of drug-likeness (QED) is 0.166. The Morgan fingerprint density at radius 2 is 1.62 bits per heavy atom. The number of carbonyl (C=O) groups is 5. The average Bonchev–Trinajstić information content (AvgIpc) is 3.63. The predicted molar refractivity (Wildman–Crippen MR) is 195 cm³/mol. The zero-order valence-corrected chi connectivity index (χ0v) is 30.4. The Morgan fingerprint density at radius 1 is 0.868 bits per heavy atom. The van der Waals surface area contributed by atoms with Crippen LogP contribution < -0.4 is 36.1 Å². The molecule has 0 aliphatic carbocycles. The Bertz CT molecular complexity index is 1730. The molecule has 2 atom stereocenters. The highest BCUT2D eigenvalue weighted by Crippen LogP contribution is 2.32. The van der Waals surface area contributed by atoms with E-state index in [0.717, 1.165) is 11.1 Å². The number of aryl methyl sites for hydroxylation is 1. The van der Waals surface area contributed by atoms with Crippen molar-refractivity contribution in [3.63, 3.8) is 0 Å². The van der Waals surface area contributed by atoms with E-state index in [1.165, 1.54) is 18.6 Å². The smallest absolute Gasteiger partial charge is 0.318 e. The van der Waals surface area contributed by atoms with Crippen LogP contribution in [0.15, 0.2) is 67.1 Å². The average molecular weight is 729 g/mol. The molecule has 3 heterocycles. The fraction of sp³-hybridized carbons (Fsp3) is 0.447. The molecule has 2 aliphatic rings. The van der Waals surface area contributed by atoms with Crippen LogP contribution in [0.2, 0.25) is 0 Å². The first-order valence-electron chi connectivity index (χ1n) is 17.8. The molecule has 3 aromatic rings. The number of hydrogen-bond donors (Lipinski definition) is 5. The van der Waals surface area contributed by atoms with Crippen LogP contribution in [0.4, 0.5) is 4.79 Å². The molecule has 1 saturated heterocycles. The summed E-state index contributed by atoms with van der Waals surface area (Å²) in [5.41, 5.74) is 1.77. The van der Waals surface area contributed by atoms with Crippen molar-refractivity contribution < 1.29 is 33.4 Å². The Labute approximate surface area is 309 Å². The number of piperidine rings is 1. The largest absolute Gasteiger partial charge is 0.454 e. The van der Waals surface area contributed by atoms with Crippen LogP contribution in [0.3, 0.4) is 0 Å². The molecule has 0 saturated carbocycles. The molecule has 0 radical (unpaired) electrons. The summed E-state index contributed by atoms with van der Waals surface area (Å²) in [5.74, 6) is -0.627. The monoisotopic (exact) mass is 728 g/mol. The van der Waals surface area contributed by atoms with Crippen LogP contribution in [0.5, 0.6) is 11.5 Å². The van der Waals surface area contributed by atoms with Crippen molar-refractivity contribution in [2.24, 2.45) is 5.41 Å². The SMILES string of the molecule is CC(C)(C)CNC(=O)C[C@H](NC(=O)N1CCC(NC(=O)c2cnccn2)CC1)C(=O)N[C@@H](CCc1ccccc1)C(=O)NCc1ccc2c(c1)OCO2. The van der Waals surface area contributed by atoms with Crippen molar-refractivity contribution in [2.75, 3.05) is 26.4 Å². The Kier molecular flexibility index (Phi) is 13.2. The number of amides is 6. The minimum absolute atomic E-state index is 0.131. The molecule has 282 valence electrons. The number of likely N-dealkylation sites (tertiary alicyclic amines) is 1. The molecule has 0 bridgehead atoms. The molecule has 53 heavy (non-hydrogen) atoms. The Morgan fingerprint density at radius 3 is 2.34 bits per heavy atom. The van der Waals surface area contributed by atoms with Gasteiger partial charge in [0, 0.05) is 44.6 Å². The highest BCUT2D eigenvalue weighted by molar-refractivity contribution is 5.95. The number of hydrogen-bond acceptors (Lipinski definition) is 9. The number of benzene rings is 2. The summed E-state index contributed by atoms with van der Waals surface area (Å²) in [6.45, 7) is 7.20. The third-order valence-corrected chi connectivity index (χ3v) is 8.83. The summed E-state index contributed by atoms with van der Waals surface area (Å²) in [7, 11) is 0. The van der Waals surface area contributed by atoms with Gasteiger partial charge in [0.25, 0.3) is 5.91 Å². The van der Waals surface area contributed by atoms with Gasteiger partial charge in [-0.1, -0.05) is 57.2 Å². The second-order valence-corrected chi connectivity index (χ2v) is 14.4. The first kappa shape index (κ1) is 38.5. The highest BCUT2D eigenvalue weighted by atomic mass is 16.7. The van der Waals surface area contributed by atoms with Crippen molar-refractivity contribution in [1.82, 2.24) is 41.5 Å². The summed E-state index contributed by atoms with van der Waals surface area (Å²) in [6, 6.07) is 12.0. The van der Waals surface area contributed by atoms with Gasteiger partial charge < -0.3 is 41.0 Å². The first-order valence-corrected chi connectivity index (χ1v) is 17.8. The molecule has 0 spiro atoms. The maximum atomic E-state index is 13.9. The third-order valence-electron chi connectivity index (χ3n) is 8.83. The molecule has 15 nitrogen and oxygen atoms in total. The van der Waals surface area contributed by atoms with E-state index in [4.69, 9.17) is 9.47 Å². The lowest BCUT2D eigenvalue weighted by atomic mass is 9.97. The zero-order valence-electron chi connectivity index (χ0n) is 30.4. The van der Waals surface area contributed by atoms with Gasteiger partial charge in [0.2, 0.25) is 24.5 Å². The van der Waals surface area contributed by atoms with E-state index < -0.39 is 35.8 Å². The Balaban J connectivity index is 1.24. The van der Waals surface area contributed by atoms with Crippen LogP contribution in [0.1, 0.15) is 68.1 Å². The van der Waals surface area contributed by atoms with Crippen LogP contribution in [-0.2, 0) is 27.3 Å². The van der Waals surface area contributed by atoms with E-state index in [-0.39, 0.29) is 49.2 Å². The zero-order chi connectivity index (χ0) is 37.8. The van der Waals surface area contributed by atoms with Gasteiger partial charge in [-0.25, -0.2) is 9.78 Å². The minimum Gasteiger partial charge on any atom is -0.454 e. The second-order valence-electron chi connectivity index (χ2n) is 14.4. The summed E-state index contributed by atoms with van der Waals surface area (Å²) in [6.07, 6.45) is 5.70. The molecule has 6 amide bonds. The van der Waals surface area contributed by atoms with Crippen LogP contribution in [0, 0.1) is 5.41 Å². The van der Waals surface area contributed by atoms with Gasteiger partial charge in [0.15, 0.2) is 11.5 Å². The van der Waals surface area contributed by atoms with Crippen molar-refractivity contribution in [3.8, 4) is 11.5 Å². The van der Waals surface area contributed by atoms with Gasteiger partial charge in [-0.15, -0.1) is 0 Å². The summed E-state index contributed by atoms with van der Waals surface area (Å²) < 4.78 is 10.8. The van der Waals surface area contributed by atoms with Gasteiger partial charge in [-0.05, 0) is 54.4 Å². The molecule has 15 heteroatoms. The number of nitrogens with zero attached hydrogens (tertiary/aromatic N) is 3. The molecular weight excluding hydrogens is 680 g/mol. The number of rotatable bonds is 14. The molecular formula is C38H48N8O7. The standard InChI is InChI=1S/C38H48N8O7/c1-38(2,3)23-42-33(47)20-29(45-37(51)46-17-13-27(14-18-46)43-36(50)30-22-39-15-16-40-30)35(49)44-28(11-9-25-7-5-4-6-8-25)34(48)41-21-26-10-12-31-32(19-26)53-24-52-31/h4-8,10,12,15-16,19,22,27-29H,9,11,13-14,17-18,20-21,23-24H2,1-3H3,(H,41,48)(H,42,47)(H,43,50)(H,44,49)(H,45,51)/t28-,29-/m0/s1. The normalized spacial score (nSPS) is 15.1. The van der Waals surface area contributed by atoms with Gasteiger partial charge >= 0.3 is 6.03 Å². The van der Waals surface area contributed by atoms with Gasteiger partial charge in [0.1, 0.15) is 17.8 Å². The van der Waals surface area contributed by atoms with Crippen LogP contribution in [-0.4, -0.2) is 89.1 Å². The fourth-order valence-electron chi connectivity index (χ4n) is 5.83. The molecule has 2 aliphatic heterocycles. The minimum atomic E-state index is -1.27. The van der Waals surface area contributed by atoms with Crippen molar-refractivity contribution in [3.05, 3.63) is 83.9 Å². The summed E-state index contributed by atoms with van der Waals surface area (Å²) in [5, 5.41) is 14.3. The lowest BCUT2D eigenvalue weighted by Gasteiger charge is -2.33. The predicted octanol–water partition coefficient (Wildman–Crippen LogP) is 2.46. The van der Waals surface area contributed by atoms with Crippen LogP contribution in [0.25, 0.3) is 0 Å².